The standard InChI is InChI=1S/C14H22N4O/c1-12-13(16-6-5-15-12)18-9-10-19-14(11-18)3-7-17(2)8-4-14/h5-6H,3-4,7-11H2,1-2H3. The second-order valence-electron chi connectivity index (χ2n) is 5.72. The Kier molecular flexibility index (Phi) is 3.41. The van der Waals surface area contributed by atoms with Gasteiger partial charge in [-0.1, -0.05) is 0 Å². The first-order valence-corrected chi connectivity index (χ1v) is 7.04. The Labute approximate surface area is 114 Å². The van der Waals surface area contributed by atoms with E-state index in [9.17, 15) is 0 Å². The average molecular weight is 262 g/mol. The summed E-state index contributed by atoms with van der Waals surface area (Å²) in [5.74, 6) is 1.02. The molecule has 0 unspecified atom stereocenters. The van der Waals surface area contributed by atoms with E-state index >= 15 is 0 Å². The van der Waals surface area contributed by atoms with Crippen LogP contribution in [0.2, 0.25) is 0 Å². The van der Waals surface area contributed by atoms with Crippen LogP contribution >= 0.6 is 0 Å². The predicted octanol–water partition coefficient (Wildman–Crippen LogP) is 1.09. The van der Waals surface area contributed by atoms with Crippen molar-refractivity contribution in [2.45, 2.75) is 25.4 Å². The van der Waals surface area contributed by atoms with Gasteiger partial charge in [-0.3, -0.25) is 4.98 Å². The van der Waals surface area contributed by atoms with E-state index in [1.807, 2.05) is 6.92 Å². The molecule has 0 amide bonds. The minimum atomic E-state index is 0.0225. The van der Waals surface area contributed by atoms with Crippen LogP contribution in [0.4, 0.5) is 5.82 Å². The highest BCUT2D eigenvalue weighted by atomic mass is 16.5. The molecule has 3 rings (SSSR count). The van der Waals surface area contributed by atoms with Crippen LogP contribution in [0.25, 0.3) is 0 Å². The minimum Gasteiger partial charge on any atom is -0.371 e. The van der Waals surface area contributed by atoms with Crippen molar-refractivity contribution in [1.82, 2.24) is 14.9 Å². The topological polar surface area (TPSA) is 41.5 Å². The van der Waals surface area contributed by atoms with Crippen molar-refractivity contribution in [3.63, 3.8) is 0 Å². The number of hydrogen-bond acceptors (Lipinski definition) is 5. The lowest BCUT2D eigenvalue weighted by atomic mass is 9.89. The smallest absolute Gasteiger partial charge is 0.150 e. The molecule has 1 aromatic rings. The van der Waals surface area contributed by atoms with Gasteiger partial charge in [0.1, 0.15) is 5.82 Å². The first-order valence-electron chi connectivity index (χ1n) is 7.04. The van der Waals surface area contributed by atoms with Crippen LogP contribution in [-0.2, 0) is 4.74 Å². The molecule has 0 N–H and O–H groups in total. The van der Waals surface area contributed by atoms with Gasteiger partial charge in [0.2, 0.25) is 0 Å². The van der Waals surface area contributed by atoms with Gasteiger partial charge in [-0.05, 0) is 26.8 Å². The van der Waals surface area contributed by atoms with E-state index in [4.69, 9.17) is 4.74 Å². The third kappa shape index (κ3) is 2.58. The first-order chi connectivity index (χ1) is 9.19. The molecule has 0 atom stereocenters. The van der Waals surface area contributed by atoms with Crippen molar-refractivity contribution in [2.24, 2.45) is 0 Å². The lowest BCUT2D eigenvalue weighted by Gasteiger charge is -2.47. The van der Waals surface area contributed by atoms with E-state index in [1.54, 1.807) is 12.4 Å². The monoisotopic (exact) mass is 262 g/mol. The molecule has 0 aliphatic carbocycles. The Hall–Kier alpha value is -1.20. The Morgan fingerprint density at radius 1 is 1.16 bits per heavy atom. The molecule has 1 spiro atoms. The van der Waals surface area contributed by atoms with Gasteiger partial charge < -0.3 is 14.5 Å². The summed E-state index contributed by atoms with van der Waals surface area (Å²) in [5, 5.41) is 0. The highest BCUT2D eigenvalue weighted by Crippen LogP contribution is 2.31. The van der Waals surface area contributed by atoms with Gasteiger partial charge in [0.05, 0.1) is 17.9 Å². The molecule has 104 valence electrons. The molecular formula is C14H22N4O. The summed E-state index contributed by atoms with van der Waals surface area (Å²) in [4.78, 5) is 13.6. The van der Waals surface area contributed by atoms with Gasteiger partial charge in [-0.2, -0.15) is 0 Å². The number of rotatable bonds is 1. The molecule has 0 bridgehead atoms. The number of piperidine rings is 1. The van der Waals surface area contributed by atoms with Crippen LogP contribution in [0.15, 0.2) is 12.4 Å². The van der Waals surface area contributed by atoms with Crippen LogP contribution in [0.5, 0.6) is 0 Å². The molecule has 0 aromatic carbocycles. The molecule has 19 heavy (non-hydrogen) atoms. The quantitative estimate of drug-likeness (QED) is 0.758. The summed E-state index contributed by atoms with van der Waals surface area (Å²) in [6, 6.07) is 0. The fraction of sp³-hybridized carbons (Fsp3) is 0.714. The molecule has 2 aliphatic heterocycles. The predicted molar refractivity (Wildman–Crippen MR) is 74.4 cm³/mol. The second kappa shape index (κ2) is 5.06. The maximum Gasteiger partial charge on any atom is 0.150 e. The molecule has 0 saturated carbocycles. The summed E-state index contributed by atoms with van der Waals surface area (Å²) in [6.07, 6.45) is 5.75. The summed E-state index contributed by atoms with van der Waals surface area (Å²) in [6.45, 7) is 6.91. The molecule has 3 heterocycles. The number of anilines is 1. The number of nitrogens with zero attached hydrogens (tertiary/aromatic N) is 4. The number of aromatic nitrogens is 2. The highest BCUT2D eigenvalue weighted by molar-refractivity contribution is 5.43. The van der Waals surface area contributed by atoms with Crippen LogP contribution in [0.1, 0.15) is 18.5 Å². The minimum absolute atomic E-state index is 0.0225. The second-order valence-corrected chi connectivity index (χ2v) is 5.72. The van der Waals surface area contributed by atoms with E-state index in [0.29, 0.717) is 0 Å². The first kappa shape index (κ1) is 12.8. The summed E-state index contributed by atoms with van der Waals surface area (Å²) >= 11 is 0. The van der Waals surface area contributed by atoms with E-state index in [-0.39, 0.29) is 5.60 Å². The fourth-order valence-electron chi connectivity index (χ4n) is 3.06. The summed E-state index contributed by atoms with van der Waals surface area (Å²) in [7, 11) is 2.18. The number of aryl methyl sites for hydroxylation is 1. The third-order valence-corrected chi connectivity index (χ3v) is 4.30. The molecule has 5 heteroatoms. The molecular weight excluding hydrogens is 240 g/mol. The van der Waals surface area contributed by atoms with Crippen LogP contribution in [0.3, 0.4) is 0 Å². The lowest BCUT2D eigenvalue weighted by Crippen LogP contribution is -2.56. The van der Waals surface area contributed by atoms with Crippen LogP contribution in [0, 0.1) is 6.92 Å². The van der Waals surface area contributed by atoms with Crippen molar-refractivity contribution < 1.29 is 4.74 Å². The van der Waals surface area contributed by atoms with Crippen molar-refractivity contribution in [3.8, 4) is 0 Å². The van der Waals surface area contributed by atoms with Gasteiger partial charge in [0.15, 0.2) is 0 Å². The molecule has 2 fully saturated rings. The maximum absolute atomic E-state index is 6.13. The zero-order chi connectivity index (χ0) is 13.3. The van der Waals surface area contributed by atoms with Gasteiger partial charge in [-0.25, -0.2) is 4.98 Å². The number of morpholine rings is 1. The zero-order valence-electron chi connectivity index (χ0n) is 11.8. The Morgan fingerprint density at radius 3 is 2.63 bits per heavy atom. The summed E-state index contributed by atoms with van der Waals surface area (Å²) < 4.78 is 6.13. The van der Waals surface area contributed by atoms with Crippen molar-refractivity contribution in [2.75, 3.05) is 44.7 Å². The summed E-state index contributed by atoms with van der Waals surface area (Å²) in [5.41, 5.74) is 1.03. The largest absolute Gasteiger partial charge is 0.371 e. The Bertz CT molecular complexity index is 443. The Balaban J connectivity index is 1.77. The SMILES string of the molecule is Cc1nccnc1N1CCOC2(CCN(C)CC2)C1. The van der Waals surface area contributed by atoms with Gasteiger partial charge >= 0.3 is 0 Å². The maximum atomic E-state index is 6.13. The molecule has 2 saturated heterocycles. The number of hydrogen-bond donors (Lipinski definition) is 0. The van der Waals surface area contributed by atoms with Crippen molar-refractivity contribution in [3.05, 3.63) is 18.1 Å². The number of likely N-dealkylation sites (tertiary alicyclic amines) is 1. The fourth-order valence-corrected chi connectivity index (χ4v) is 3.06. The van der Waals surface area contributed by atoms with E-state index in [1.165, 1.54) is 0 Å². The van der Waals surface area contributed by atoms with Gasteiger partial charge in [-0.15, -0.1) is 0 Å². The Morgan fingerprint density at radius 2 is 1.89 bits per heavy atom. The third-order valence-electron chi connectivity index (χ3n) is 4.30. The zero-order valence-corrected chi connectivity index (χ0v) is 11.8. The van der Waals surface area contributed by atoms with Crippen LogP contribution in [-0.4, -0.2) is 60.3 Å². The van der Waals surface area contributed by atoms with Gasteiger partial charge in [0, 0.05) is 38.6 Å². The number of ether oxygens (including phenoxy) is 1. The van der Waals surface area contributed by atoms with E-state index < -0.39 is 0 Å². The molecule has 2 aliphatic rings. The lowest BCUT2D eigenvalue weighted by molar-refractivity contribution is -0.0885. The molecule has 0 radical (unpaired) electrons. The molecule has 1 aromatic heterocycles. The van der Waals surface area contributed by atoms with Gasteiger partial charge in [0.25, 0.3) is 0 Å². The molecule has 5 nitrogen and oxygen atoms in total. The average Bonchev–Trinajstić information content (AvgIpc) is 2.43. The van der Waals surface area contributed by atoms with E-state index in [0.717, 1.165) is 57.1 Å². The van der Waals surface area contributed by atoms with E-state index in [2.05, 4.69) is 26.8 Å². The van der Waals surface area contributed by atoms with Crippen molar-refractivity contribution in [1.29, 1.82) is 0 Å². The van der Waals surface area contributed by atoms with Crippen LogP contribution < -0.4 is 4.90 Å². The normalized spacial score (nSPS) is 23.8. The van der Waals surface area contributed by atoms with Crippen molar-refractivity contribution >= 4 is 5.82 Å². The highest BCUT2D eigenvalue weighted by Gasteiger charge is 2.39.